The molecule has 0 amide bonds. The number of aryl methyl sites for hydroxylation is 3. The first-order chi connectivity index (χ1) is 10.4. The lowest BCUT2D eigenvalue weighted by Gasteiger charge is -2.13. The molecule has 0 N–H and O–H groups in total. The Hall–Kier alpha value is -1.91. The highest BCUT2D eigenvalue weighted by atomic mass is 15.4. The third-order valence-corrected chi connectivity index (χ3v) is 4.15. The summed E-state index contributed by atoms with van der Waals surface area (Å²) in [7, 11) is 0. The van der Waals surface area contributed by atoms with Crippen LogP contribution in [0.1, 0.15) is 50.0 Å². The van der Waals surface area contributed by atoms with E-state index in [2.05, 4.69) is 51.3 Å². The van der Waals surface area contributed by atoms with Gasteiger partial charge in [0.2, 0.25) is 0 Å². The molecule has 0 saturated heterocycles. The zero-order chi connectivity index (χ0) is 14.5. The molecule has 3 rings (SSSR count). The lowest BCUT2D eigenvalue weighted by Crippen LogP contribution is -2.06. The normalized spacial score (nSPS) is 18.2. The number of rotatable bonds is 6. The van der Waals surface area contributed by atoms with Crippen molar-refractivity contribution in [2.24, 2.45) is 0 Å². The Morgan fingerprint density at radius 3 is 3.05 bits per heavy atom. The summed E-state index contributed by atoms with van der Waals surface area (Å²) < 4.78 is 4.21. The molecule has 2 heterocycles. The Kier molecular flexibility index (Phi) is 4.48. The van der Waals surface area contributed by atoms with E-state index in [1.807, 2.05) is 10.9 Å². The zero-order valence-corrected chi connectivity index (χ0v) is 12.6. The molecule has 1 aliphatic carbocycles. The average molecular weight is 285 g/mol. The van der Waals surface area contributed by atoms with E-state index in [-0.39, 0.29) is 0 Å². The van der Waals surface area contributed by atoms with E-state index in [0.717, 1.165) is 50.3 Å². The monoisotopic (exact) mass is 285 g/mol. The molecule has 0 fully saturated rings. The van der Waals surface area contributed by atoms with Crippen molar-refractivity contribution in [1.29, 1.82) is 0 Å². The van der Waals surface area contributed by atoms with Crippen LogP contribution in [0.15, 0.2) is 30.7 Å². The predicted molar refractivity (Wildman–Crippen MR) is 82.0 cm³/mol. The van der Waals surface area contributed by atoms with Gasteiger partial charge in [-0.3, -0.25) is 4.68 Å². The summed E-state index contributed by atoms with van der Waals surface area (Å²) in [6.07, 6.45) is 16.1. The molecular weight excluding hydrogens is 262 g/mol. The van der Waals surface area contributed by atoms with Crippen LogP contribution in [0.3, 0.4) is 0 Å². The average Bonchev–Trinajstić information content (AvgIpc) is 3.17. The van der Waals surface area contributed by atoms with Gasteiger partial charge in [0.15, 0.2) is 0 Å². The number of aromatic nitrogens is 5. The molecule has 0 aliphatic heterocycles. The molecule has 2 aromatic heterocycles. The first kappa shape index (κ1) is 14.0. The van der Waals surface area contributed by atoms with Gasteiger partial charge < -0.3 is 4.57 Å². The Labute approximate surface area is 125 Å². The fourth-order valence-electron chi connectivity index (χ4n) is 2.93. The van der Waals surface area contributed by atoms with Crippen LogP contribution in [0.25, 0.3) is 0 Å². The van der Waals surface area contributed by atoms with Crippen molar-refractivity contribution in [2.45, 2.75) is 58.0 Å². The Morgan fingerprint density at radius 1 is 1.29 bits per heavy atom. The molecule has 0 aromatic carbocycles. The molecule has 2 aromatic rings. The second-order valence-electron chi connectivity index (χ2n) is 5.63. The van der Waals surface area contributed by atoms with E-state index in [1.165, 1.54) is 6.42 Å². The summed E-state index contributed by atoms with van der Waals surface area (Å²) in [5, 5.41) is 8.62. The first-order valence-electron chi connectivity index (χ1n) is 7.92. The van der Waals surface area contributed by atoms with E-state index in [9.17, 15) is 0 Å². The van der Waals surface area contributed by atoms with Gasteiger partial charge >= 0.3 is 0 Å². The van der Waals surface area contributed by atoms with E-state index in [1.54, 1.807) is 0 Å². The molecule has 21 heavy (non-hydrogen) atoms. The largest absolute Gasteiger partial charge is 0.335 e. The van der Waals surface area contributed by atoms with Crippen LogP contribution in [0.2, 0.25) is 0 Å². The lowest BCUT2D eigenvalue weighted by atomic mass is 9.92. The summed E-state index contributed by atoms with van der Waals surface area (Å²) in [6.45, 7) is 4.04. The third kappa shape index (κ3) is 3.40. The molecule has 112 valence electrons. The van der Waals surface area contributed by atoms with Crippen LogP contribution < -0.4 is 0 Å². The van der Waals surface area contributed by atoms with Gasteiger partial charge in [-0.05, 0) is 25.7 Å². The Morgan fingerprint density at radius 2 is 2.24 bits per heavy atom. The highest BCUT2D eigenvalue weighted by molar-refractivity contribution is 5.08. The Bertz CT molecular complexity index is 595. The molecule has 0 radical (unpaired) electrons. The minimum Gasteiger partial charge on any atom is -0.335 e. The fraction of sp³-hybridized carbons (Fsp3) is 0.562. The minimum atomic E-state index is 0.559. The highest BCUT2D eigenvalue weighted by Gasteiger charge is 2.15. The van der Waals surface area contributed by atoms with E-state index in [4.69, 9.17) is 0 Å². The second kappa shape index (κ2) is 6.70. The maximum atomic E-state index is 4.35. The maximum Gasteiger partial charge on any atom is 0.108 e. The van der Waals surface area contributed by atoms with Gasteiger partial charge in [0, 0.05) is 44.0 Å². The number of allylic oxidation sites excluding steroid dienone is 2. The predicted octanol–water partition coefficient (Wildman–Crippen LogP) is 2.95. The van der Waals surface area contributed by atoms with Crippen LogP contribution >= 0.6 is 0 Å². The molecule has 0 spiro atoms. The standard InChI is InChI=1S/C16H23N5/c1-2-16-17-9-12-20(16)10-6-11-21-13-15(18-19-21)14-7-4-3-5-8-14/h3-4,9,12-14H,2,5-8,10-11H2,1H3. The first-order valence-corrected chi connectivity index (χ1v) is 7.92. The van der Waals surface area contributed by atoms with Crippen LogP contribution in [0, 0.1) is 0 Å². The van der Waals surface area contributed by atoms with Crippen LogP contribution in [0.5, 0.6) is 0 Å². The van der Waals surface area contributed by atoms with Crippen molar-refractivity contribution in [3.8, 4) is 0 Å². The zero-order valence-electron chi connectivity index (χ0n) is 12.6. The second-order valence-corrected chi connectivity index (χ2v) is 5.63. The van der Waals surface area contributed by atoms with Crippen molar-refractivity contribution in [3.05, 3.63) is 42.3 Å². The van der Waals surface area contributed by atoms with Crippen molar-refractivity contribution in [2.75, 3.05) is 0 Å². The van der Waals surface area contributed by atoms with Gasteiger partial charge in [-0.15, -0.1) is 5.10 Å². The van der Waals surface area contributed by atoms with Crippen molar-refractivity contribution < 1.29 is 0 Å². The van der Waals surface area contributed by atoms with E-state index >= 15 is 0 Å². The molecule has 0 saturated carbocycles. The number of hydrogen-bond donors (Lipinski definition) is 0. The van der Waals surface area contributed by atoms with Crippen molar-refractivity contribution in [1.82, 2.24) is 24.5 Å². The fourth-order valence-corrected chi connectivity index (χ4v) is 2.93. The summed E-state index contributed by atoms with van der Waals surface area (Å²) >= 11 is 0. The number of imidazole rings is 1. The molecular formula is C16H23N5. The van der Waals surface area contributed by atoms with Crippen LogP contribution in [-0.2, 0) is 19.5 Å². The van der Waals surface area contributed by atoms with Gasteiger partial charge in [-0.2, -0.15) is 0 Å². The number of nitrogens with zero attached hydrogens (tertiary/aromatic N) is 5. The molecule has 5 heteroatoms. The summed E-state index contributed by atoms with van der Waals surface area (Å²) in [5.41, 5.74) is 1.15. The summed E-state index contributed by atoms with van der Waals surface area (Å²) in [6, 6.07) is 0. The SMILES string of the molecule is CCc1nccn1CCCn1cc(C2CC=CCC2)nn1. The van der Waals surface area contributed by atoms with Gasteiger partial charge in [0.05, 0.1) is 5.69 Å². The van der Waals surface area contributed by atoms with Gasteiger partial charge in [-0.25, -0.2) is 4.98 Å². The quantitative estimate of drug-likeness (QED) is 0.767. The summed E-state index contributed by atoms with van der Waals surface area (Å²) in [5.74, 6) is 1.72. The summed E-state index contributed by atoms with van der Waals surface area (Å²) in [4.78, 5) is 4.35. The lowest BCUT2D eigenvalue weighted by molar-refractivity contribution is 0.507. The maximum absolute atomic E-state index is 4.35. The molecule has 1 unspecified atom stereocenters. The highest BCUT2D eigenvalue weighted by Crippen LogP contribution is 2.27. The molecule has 5 nitrogen and oxygen atoms in total. The van der Waals surface area contributed by atoms with Gasteiger partial charge in [-0.1, -0.05) is 24.3 Å². The Balaban J connectivity index is 1.52. The molecule has 1 atom stereocenters. The topological polar surface area (TPSA) is 48.5 Å². The van der Waals surface area contributed by atoms with E-state index in [0.29, 0.717) is 5.92 Å². The van der Waals surface area contributed by atoms with Crippen molar-refractivity contribution >= 4 is 0 Å². The third-order valence-electron chi connectivity index (χ3n) is 4.15. The molecule has 0 bridgehead atoms. The smallest absolute Gasteiger partial charge is 0.108 e. The van der Waals surface area contributed by atoms with Crippen molar-refractivity contribution in [3.63, 3.8) is 0 Å². The minimum absolute atomic E-state index is 0.559. The van der Waals surface area contributed by atoms with Gasteiger partial charge in [0.1, 0.15) is 5.82 Å². The van der Waals surface area contributed by atoms with Crippen LogP contribution in [-0.4, -0.2) is 24.5 Å². The molecule has 1 aliphatic rings. The van der Waals surface area contributed by atoms with Gasteiger partial charge in [0.25, 0.3) is 0 Å². The van der Waals surface area contributed by atoms with Crippen LogP contribution in [0.4, 0.5) is 0 Å². The van der Waals surface area contributed by atoms with E-state index < -0.39 is 0 Å². The number of hydrogen-bond acceptors (Lipinski definition) is 3.